The molecule has 1 aliphatic heterocycles. The maximum atomic E-state index is 13.9. The van der Waals surface area contributed by atoms with Crippen LogP contribution in [0.4, 0.5) is 10.1 Å². The molecule has 2 aromatic carbocycles. The number of piperazine rings is 1. The van der Waals surface area contributed by atoms with Gasteiger partial charge in [-0.2, -0.15) is 4.31 Å². The first-order chi connectivity index (χ1) is 14.4. The minimum Gasteiger partial charge on any atom is -0.324 e. The number of nitrogens with zero attached hydrogens (tertiary/aromatic N) is 2. The summed E-state index contributed by atoms with van der Waals surface area (Å²) in [7, 11) is -3.89. The molecule has 1 N–H and O–H groups in total. The number of para-hydroxylation sites is 1. The number of anilines is 1. The molecule has 0 unspecified atom stereocenters. The van der Waals surface area contributed by atoms with E-state index in [1.807, 2.05) is 29.2 Å². The summed E-state index contributed by atoms with van der Waals surface area (Å²) in [6.07, 6.45) is 1.80. The van der Waals surface area contributed by atoms with Crippen molar-refractivity contribution < 1.29 is 17.6 Å². The van der Waals surface area contributed by atoms with Gasteiger partial charge in [-0.1, -0.05) is 30.3 Å². The third-order valence-electron chi connectivity index (χ3n) is 4.67. The first kappa shape index (κ1) is 22.5. The molecule has 1 heterocycles. The Bertz CT molecular complexity index is 1010. The highest BCUT2D eigenvalue weighted by Crippen LogP contribution is 2.27. The zero-order valence-corrected chi connectivity index (χ0v) is 18.1. The van der Waals surface area contributed by atoms with Crippen LogP contribution in [0.3, 0.4) is 0 Å². The number of hydrogen-bond donors (Lipinski definition) is 1. The molecular weight excluding hydrogens is 425 g/mol. The molecule has 6 nitrogen and oxygen atoms in total. The molecule has 30 heavy (non-hydrogen) atoms. The van der Waals surface area contributed by atoms with E-state index in [9.17, 15) is 17.6 Å². The molecule has 0 aliphatic carbocycles. The molecule has 9 heteroatoms. The Balaban J connectivity index is 1.56. The predicted octanol–water partition coefficient (Wildman–Crippen LogP) is 3.05. The van der Waals surface area contributed by atoms with Crippen LogP contribution in [0.15, 0.2) is 71.0 Å². The maximum Gasteiger partial charge on any atom is 0.246 e. The van der Waals surface area contributed by atoms with Crippen molar-refractivity contribution in [2.75, 3.05) is 43.8 Å². The van der Waals surface area contributed by atoms with Crippen LogP contribution >= 0.6 is 11.8 Å². The van der Waals surface area contributed by atoms with Crippen LogP contribution < -0.4 is 5.32 Å². The number of thioether (sulfide) groups is 1. The van der Waals surface area contributed by atoms with Crippen LogP contribution in [0.25, 0.3) is 0 Å². The van der Waals surface area contributed by atoms with Gasteiger partial charge in [-0.05, 0) is 24.3 Å². The van der Waals surface area contributed by atoms with E-state index in [0.29, 0.717) is 13.1 Å². The monoisotopic (exact) mass is 449 g/mol. The van der Waals surface area contributed by atoms with Crippen LogP contribution in [-0.2, 0) is 14.8 Å². The number of nitrogens with one attached hydrogen (secondary N) is 1. The lowest BCUT2D eigenvalue weighted by Gasteiger charge is -2.33. The van der Waals surface area contributed by atoms with E-state index in [-0.39, 0.29) is 30.4 Å². The highest BCUT2D eigenvalue weighted by atomic mass is 32.2. The number of hydrogen-bond acceptors (Lipinski definition) is 5. The lowest BCUT2D eigenvalue weighted by atomic mass is 10.3. The first-order valence-corrected chi connectivity index (χ1v) is 11.9. The molecule has 2 aromatic rings. The lowest BCUT2D eigenvalue weighted by Crippen LogP contribution is -2.50. The number of halogens is 1. The Morgan fingerprint density at radius 1 is 1.10 bits per heavy atom. The van der Waals surface area contributed by atoms with Crippen LogP contribution in [0.2, 0.25) is 0 Å². The summed E-state index contributed by atoms with van der Waals surface area (Å²) >= 11 is 1.59. The summed E-state index contributed by atoms with van der Waals surface area (Å²) in [6.45, 7) is 5.07. The second kappa shape index (κ2) is 10.2. The largest absolute Gasteiger partial charge is 0.324 e. The van der Waals surface area contributed by atoms with Gasteiger partial charge in [0.05, 0.1) is 12.2 Å². The third-order valence-corrected chi connectivity index (χ3v) is 7.67. The van der Waals surface area contributed by atoms with E-state index in [4.69, 9.17) is 0 Å². The molecule has 1 amide bonds. The molecule has 1 aliphatic rings. The Hall–Kier alpha value is -2.20. The molecule has 0 aromatic heterocycles. The molecule has 0 saturated carbocycles. The fraction of sp³-hybridized carbons (Fsp3) is 0.286. The number of rotatable bonds is 8. The molecule has 3 rings (SSSR count). The van der Waals surface area contributed by atoms with Gasteiger partial charge in [0.15, 0.2) is 0 Å². The number of benzene rings is 2. The zero-order chi connectivity index (χ0) is 21.6. The van der Waals surface area contributed by atoms with Gasteiger partial charge in [-0.15, -0.1) is 18.3 Å². The highest BCUT2D eigenvalue weighted by molar-refractivity contribution is 7.99. The van der Waals surface area contributed by atoms with Crippen molar-refractivity contribution in [1.82, 2.24) is 9.21 Å². The molecule has 160 valence electrons. The minimum atomic E-state index is -3.89. The van der Waals surface area contributed by atoms with Gasteiger partial charge >= 0.3 is 0 Å². The number of sulfonamides is 1. The number of carbonyl (C=O) groups excluding carboxylic acids is 1. The van der Waals surface area contributed by atoms with E-state index in [0.717, 1.165) is 22.4 Å². The van der Waals surface area contributed by atoms with Gasteiger partial charge in [0.1, 0.15) is 10.7 Å². The third kappa shape index (κ3) is 5.48. The first-order valence-electron chi connectivity index (χ1n) is 9.51. The van der Waals surface area contributed by atoms with Gasteiger partial charge in [0, 0.05) is 36.8 Å². The summed E-state index contributed by atoms with van der Waals surface area (Å²) < 4.78 is 40.6. The van der Waals surface area contributed by atoms with Crippen molar-refractivity contribution in [3.8, 4) is 0 Å². The van der Waals surface area contributed by atoms with Crippen LogP contribution in [-0.4, -0.2) is 62.0 Å². The summed E-state index contributed by atoms with van der Waals surface area (Å²) in [5, 5.41) is 2.92. The SMILES string of the molecule is C=CCSc1ccccc1NC(=O)CN1CCN(S(=O)(=O)c2ccccc2F)CC1. The highest BCUT2D eigenvalue weighted by Gasteiger charge is 2.30. The Kier molecular flexibility index (Phi) is 7.65. The molecule has 0 atom stereocenters. The molecule has 0 spiro atoms. The van der Waals surface area contributed by atoms with Crippen LogP contribution in [0, 0.1) is 5.82 Å². The normalized spacial score (nSPS) is 15.6. The van der Waals surface area contributed by atoms with Crippen molar-refractivity contribution in [1.29, 1.82) is 0 Å². The fourth-order valence-corrected chi connectivity index (χ4v) is 5.39. The van der Waals surface area contributed by atoms with E-state index >= 15 is 0 Å². The second-order valence-electron chi connectivity index (χ2n) is 6.75. The van der Waals surface area contributed by atoms with E-state index in [1.54, 1.807) is 17.8 Å². The van der Waals surface area contributed by atoms with Gasteiger partial charge in [0.2, 0.25) is 15.9 Å². The van der Waals surface area contributed by atoms with Crippen molar-refractivity contribution in [2.45, 2.75) is 9.79 Å². The van der Waals surface area contributed by atoms with E-state index < -0.39 is 15.8 Å². The fourth-order valence-electron chi connectivity index (χ4n) is 3.16. The standard InChI is InChI=1S/C21H24FN3O3S2/c1-2-15-29-19-9-5-4-8-18(19)23-21(26)16-24-11-13-25(14-12-24)30(27,28)20-10-6-3-7-17(20)22/h2-10H,1,11-16H2,(H,23,26). The van der Waals surface area contributed by atoms with Gasteiger partial charge in [0.25, 0.3) is 0 Å². The summed E-state index contributed by atoms with van der Waals surface area (Å²) in [5.41, 5.74) is 0.745. The predicted molar refractivity (Wildman–Crippen MR) is 118 cm³/mol. The minimum absolute atomic E-state index is 0.160. The summed E-state index contributed by atoms with van der Waals surface area (Å²) in [6, 6.07) is 12.9. The van der Waals surface area contributed by atoms with E-state index in [1.165, 1.54) is 22.5 Å². The second-order valence-corrected chi connectivity index (χ2v) is 9.72. The Morgan fingerprint density at radius 2 is 1.77 bits per heavy atom. The van der Waals surface area contributed by atoms with Crippen molar-refractivity contribution in [3.05, 3.63) is 67.0 Å². The molecule has 0 radical (unpaired) electrons. The smallest absolute Gasteiger partial charge is 0.246 e. The molecule has 1 fully saturated rings. The number of amides is 1. The molecular formula is C21H24FN3O3S2. The van der Waals surface area contributed by atoms with Crippen LogP contribution in [0.1, 0.15) is 0 Å². The van der Waals surface area contributed by atoms with Crippen molar-refractivity contribution >= 4 is 33.4 Å². The average Bonchev–Trinajstić information content (AvgIpc) is 2.73. The van der Waals surface area contributed by atoms with Crippen molar-refractivity contribution in [3.63, 3.8) is 0 Å². The maximum absolute atomic E-state index is 13.9. The topological polar surface area (TPSA) is 69.7 Å². The lowest BCUT2D eigenvalue weighted by molar-refractivity contribution is -0.117. The number of carbonyl (C=O) groups is 1. The van der Waals surface area contributed by atoms with E-state index in [2.05, 4.69) is 11.9 Å². The summed E-state index contributed by atoms with van der Waals surface area (Å²) in [4.78, 5) is 15.0. The quantitative estimate of drug-likeness (QED) is 0.496. The molecule has 1 saturated heterocycles. The average molecular weight is 450 g/mol. The zero-order valence-electron chi connectivity index (χ0n) is 16.5. The van der Waals surface area contributed by atoms with Gasteiger partial charge in [-0.25, -0.2) is 12.8 Å². The van der Waals surface area contributed by atoms with Gasteiger partial charge < -0.3 is 5.32 Å². The molecule has 0 bridgehead atoms. The summed E-state index contributed by atoms with van der Waals surface area (Å²) in [5.74, 6) is -0.176. The van der Waals surface area contributed by atoms with Crippen molar-refractivity contribution in [2.24, 2.45) is 0 Å². The Labute approximate surface area is 180 Å². The Morgan fingerprint density at radius 3 is 2.47 bits per heavy atom. The van der Waals surface area contributed by atoms with Gasteiger partial charge in [-0.3, -0.25) is 9.69 Å². The van der Waals surface area contributed by atoms with Crippen LogP contribution in [0.5, 0.6) is 0 Å².